The largest absolute Gasteiger partial charge is 0.481 e. The lowest BCUT2D eigenvalue weighted by atomic mass is 9.88. The van der Waals surface area contributed by atoms with Gasteiger partial charge in [0.2, 0.25) is 0 Å². The molecule has 0 bridgehead atoms. The number of benzene rings is 1. The van der Waals surface area contributed by atoms with Gasteiger partial charge in [-0.15, -0.1) is 0 Å². The van der Waals surface area contributed by atoms with Crippen molar-refractivity contribution in [3.8, 4) is 5.75 Å². The molecule has 2 rings (SSSR count). The predicted octanol–water partition coefficient (Wildman–Crippen LogP) is 1.40. The number of carbonyl (C=O) groups excluding carboxylic acids is 1. The Hall–Kier alpha value is -2.08. The zero-order valence-electron chi connectivity index (χ0n) is 12.8. The maximum atomic E-state index is 12.4. The molecule has 6 heteroatoms. The third-order valence-corrected chi connectivity index (χ3v) is 3.94. The monoisotopic (exact) mass is 307 g/mol. The second-order valence-electron chi connectivity index (χ2n) is 5.60. The van der Waals surface area contributed by atoms with Gasteiger partial charge in [0.1, 0.15) is 11.2 Å². The number of methoxy groups -OCH3 is 1. The van der Waals surface area contributed by atoms with Gasteiger partial charge in [0, 0.05) is 20.2 Å². The molecule has 22 heavy (non-hydrogen) atoms. The molecular formula is C16H21NO5. The van der Waals surface area contributed by atoms with Crippen LogP contribution in [-0.2, 0) is 14.3 Å². The molecule has 1 aromatic carbocycles. The maximum Gasteiger partial charge on any atom is 0.313 e. The summed E-state index contributed by atoms with van der Waals surface area (Å²) < 4.78 is 10.6. The fraction of sp³-hybridized carbons (Fsp3) is 0.500. The van der Waals surface area contributed by atoms with Crippen LogP contribution in [0.5, 0.6) is 5.75 Å². The van der Waals surface area contributed by atoms with E-state index in [9.17, 15) is 14.7 Å². The summed E-state index contributed by atoms with van der Waals surface area (Å²) in [7, 11) is 1.47. The maximum absolute atomic E-state index is 12.4. The molecule has 1 aliphatic heterocycles. The van der Waals surface area contributed by atoms with Crippen molar-refractivity contribution >= 4 is 11.9 Å². The van der Waals surface area contributed by atoms with Crippen molar-refractivity contribution in [2.24, 2.45) is 5.41 Å². The minimum atomic E-state index is -1.02. The van der Waals surface area contributed by atoms with E-state index in [-0.39, 0.29) is 19.1 Å². The highest BCUT2D eigenvalue weighted by molar-refractivity contribution is 5.83. The molecule has 1 N–H and O–H groups in total. The second-order valence-corrected chi connectivity index (χ2v) is 5.60. The lowest BCUT2D eigenvalue weighted by molar-refractivity contribution is -0.152. The first-order chi connectivity index (χ1) is 10.5. The van der Waals surface area contributed by atoms with E-state index >= 15 is 0 Å². The molecular weight excluding hydrogens is 286 g/mol. The molecule has 0 saturated carbocycles. The van der Waals surface area contributed by atoms with E-state index in [1.807, 2.05) is 18.2 Å². The summed E-state index contributed by atoms with van der Waals surface area (Å²) in [5.41, 5.74) is -1.02. The number of carboxylic acids is 1. The van der Waals surface area contributed by atoms with Gasteiger partial charge >= 0.3 is 5.97 Å². The number of nitrogens with zero attached hydrogens (tertiary/aromatic N) is 1. The van der Waals surface area contributed by atoms with Crippen molar-refractivity contribution in [3.63, 3.8) is 0 Å². The number of hydrogen-bond donors (Lipinski definition) is 1. The number of carbonyl (C=O) groups is 2. The van der Waals surface area contributed by atoms with E-state index < -0.39 is 17.5 Å². The Morgan fingerprint density at radius 1 is 1.36 bits per heavy atom. The number of para-hydroxylation sites is 1. The molecule has 1 heterocycles. The zero-order valence-corrected chi connectivity index (χ0v) is 12.8. The standard InChI is InChI=1S/C16H21NO5/c1-12(22-13-6-4-3-5-7-13)14(18)17-9-8-16(10-17,11-21-2)15(19)20/h3-7,12H,8-11H2,1-2H3,(H,19,20). The highest BCUT2D eigenvalue weighted by Crippen LogP contribution is 2.31. The first-order valence-corrected chi connectivity index (χ1v) is 7.21. The van der Waals surface area contributed by atoms with Gasteiger partial charge < -0.3 is 19.5 Å². The van der Waals surface area contributed by atoms with Crippen molar-refractivity contribution in [3.05, 3.63) is 30.3 Å². The van der Waals surface area contributed by atoms with E-state index in [1.54, 1.807) is 24.0 Å². The molecule has 0 aliphatic carbocycles. The zero-order chi connectivity index (χ0) is 16.2. The van der Waals surface area contributed by atoms with Crippen molar-refractivity contribution in [1.82, 2.24) is 4.90 Å². The summed E-state index contributed by atoms with van der Waals surface area (Å²) in [5.74, 6) is -0.520. The van der Waals surface area contributed by atoms with E-state index in [0.717, 1.165) is 0 Å². The Labute approximate surface area is 129 Å². The van der Waals surface area contributed by atoms with Crippen LogP contribution in [0.15, 0.2) is 30.3 Å². The first-order valence-electron chi connectivity index (χ1n) is 7.21. The van der Waals surface area contributed by atoms with Gasteiger partial charge in [0.15, 0.2) is 6.10 Å². The molecule has 0 spiro atoms. The first kappa shape index (κ1) is 16.3. The Kier molecular flexibility index (Phi) is 5.03. The van der Waals surface area contributed by atoms with Crippen molar-refractivity contribution in [2.45, 2.75) is 19.4 Å². The number of hydrogen-bond acceptors (Lipinski definition) is 4. The molecule has 6 nitrogen and oxygen atoms in total. The summed E-state index contributed by atoms with van der Waals surface area (Å²) in [4.78, 5) is 25.5. The van der Waals surface area contributed by atoms with Crippen LogP contribution in [0, 0.1) is 5.41 Å². The van der Waals surface area contributed by atoms with Crippen molar-refractivity contribution in [2.75, 3.05) is 26.8 Å². The minimum absolute atomic E-state index is 0.0973. The van der Waals surface area contributed by atoms with Gasteiger partial charge in [-0.3, -0.25) is 9.59 Å². The lowest BCUT2D eigenvalue weighted by Gasteiger charge is -2.25. The van der Waals surface area contributed by atoms with Gasteiger partial charge in [0.25, 0.3) is 5.91 Å². The quantitative estimate of drug-likeness (QED) is 0.860. The lowest BCUT2D eigenvalue weighted by Crippen LogP contribution is -2.43. The topological polar surface area (TPSA) is 76.1 Å². The van der Waals surface area contributed by atoms with Crippen LogP contribution < -0.4 is 4.74 Å². The number of amides is 1. The van der Waals surface area contributed by atoms with Gasteiger partial charge in [-0.2, -0.15) is 0 Å². The van der Waals surface area contributed by atoms with Crippen LogP contribution in [0.2, 0.25) is 0 Å². The average molecular weight is 307 g/mol. The molecule has 0 aromatic heterocycles. The number of ether oxygens (including phenoxy) is 2. The molecule has 1 amide bonds. The molecule has 1 aromatic rings. The van der Waals surface area contributed by atoms with Gasteiger partial charge in [0.05, 0.1) is 6.61 Å². The predicted molar refractivity (Wildman–Crippen MR) is 79.7 cm³/mol. The summed E-state index contributed by atoms with van der Waals surface area (Å²) >= 11 is 0. The van der Waals surface area contributed by atoms with Gasteiger partial charge in [-0.05, 0) is 25.5 Å². The molecule has 1 aliphatic rings. The smallest absolute Gasteiger partial charge is 0.313 e. The van der Waals surface area contributed by atoms with Crippen LogP contribution in [0.3, 0.4) is 0 Å². The Bertz CT molecular complexity index is 533. The van der Waals surface area contributed by atoms with Crippen molar-refractivity contribution < 1.29 is 24.2 Å². The Morgan fingerprint density at radius 2 is 2.05 bits per heavy atom. The van der Waals surface area contributed by atoms with Crippen LogP contribution in [-0.4, -0.2) is 54.8 Å². The van der Waals surface area contributed by atoms with E-state index in [1.165, 1.54) is 7.11 Å². The molecule has 1 saturated heterocycles. The average Bonchev–Trinajstić information content (AvgIpc) is 2.93. The fourth-order valence-corrected chi connectivity index (χ4v) is 2.70. The number of likely N-dealkylation sites (tertiary alicyclic amines) is 1. The number of carboxylic acid groups (broad SMARTS) is 1. The summed E-state index contributed by atoms with van der Waals surface area (Å²) in [5, 5.41) is 9.42. The summed E-state index contributed by atoms with van der Waals surface area (Å²) in [6.07, 6.45) is -0.269. The fourth-order valence-electron chi connectivity index (χ4n) is 2.70. The SMILES string of the molecule is COCC1(C(=O)O)CCN(C(=O)C(C)Oc2ccccc2)C1. The van der Waals surface area contributed by atoms with Gasteiger partial charge in [-0.25, -0.2) is 0 Å². The van der Waals surface area contributed by atoms with E-state index in [0.29, 0.717) is 18.7 Å². The number of aliphatic carboxylic acids is 1. The Balaban J connectivity index is 2.00. The summed E-state index contributed by atoms with van der Waals surface area (Å²) in [6, 6.07) is 9.08. The van der Waals surface area contributed by atoms with E-state index in [4.69, 9.17) is 9.47 Å². The third-order valence-electron chi connectivity index (χ3n) is 3.94. The molecule has 1 fully saturated rings. The summed E-state index contributed by atoms with van der Waals surface area (Å²) in [6.45, 7) is 2.32. The highest BCUT2D eigenvalue weighted by Gasteiger charge is 2.47. The molecule has 2 atom stereocenters. The van der Waals surface area contributed by atoms with Crippen LogP contribution in [0.4, 0.5) is 0 Å². The minimum Gasteiger partial charge on any atom is -0.481 e. The molecule has 0 radical (unpaired) electrons. The van der Waals surface area contributed by atoms with Gasteiger partial charge in [-0.1, -0.05) is 18.2 Å². The normalized spacial score (nSPS) is 22.4. The van der Waals surface area contributed by atoms with Crippen LogP contribution in [0.25, 0.3) is 0 Å². The highest BCUT2D eigenvalue weighted by atomic mass is 16.5. The molecule has 2 unspecified atom stereocenters. The van der Waals surface area contributed by atoms with Crippen molar-refractivity contribution in [1.29, 1.82) is 0 Å². The van der Waals surface area contributed by atoms with Crippen LogP contribution in [0.1, 0.15) is 13.3 Å². The van der Waals surface area contributed by atoms with Crippen LogP contribution >= 0.6 is 0 Å². The third kappa shape index (κ3) is 3.39. The molecule has 120 valence electrons. The van der Waals surface area contributed by atoms with E-state index in [2.05, 4.69) is 0 Å². The number of rotatable bonds is 6. The second kappa shape index (κ2) is 6.79. The Morgan fingerprint density at radius 3 is 2.64 bits per heavy atom.